The predicted octanol–water partition coefficient (Wildman–Crippen LogP) is 1.08. The highest BCUT2D eigenvalue weighted by Gasteiger charge is 2.18. The van der Waals surface area contributed by atoms with Crippen LogP contribution in [-0.2, 0) is 4.74 Å². The van der Waals surface area contributed by atoms with Gasteiger partial charge in [-0.3, -0.25) is 0 Å². The lowest BCUT2D eigenvalue weighted by molar-refractivity contribution is 0.0417. The van der Waals surface area contributed by atoms with Crippen molar-refractivity contribution < 1.29 is 4.74 Å². The predicted molar refractivity (Wildman–Crippen MR) is 59.3 cm³/mol. The molecule has 1 rings (SSSR count). The third-order valence-corrected chi connectivity index (χ3v) is 3.19. The highest BCUT2D eigenvalue weighted by Crippen LogP contribution is 2.13. The third kappa shape index (κ3) is 3.95. The molecule has 0 amide bonds. The normalized spacial score (nSPS) is 21.4. The summed E-state index contributed by atoms with van der Waals surface area (Å²) in [5.41, 5.74) is 5.60. The SMILES string of the molecule is CC(CN)CCN(C)C1CCOCC1. The van der Waals surface area contributed by atoms with Crippen molar-refractivity contribution in [3.8, 4) is 0 Å². The van der Waals surface area contributed by atoms with Crippen LogP contribution in [0.25, 0.3) is 0 Å². The lowest BCUT2D eigenvalue weighted by Crippen LogP contribution is -2.37. The van der Waals surface area contributed by atoms with Gasteiger partial charge in [-0.1, -0.05) is 6.92 Å². The van der Waals surface area contributed by atoms with Gasteiger partial charge in [0.2, 0.25) is 0 Å². The minimum absolute atomic E-state index is 0.650. The number of ether oxygens (including phenoxy) is 1. The molecule has 3 nitrogen and oxygen atoms in total. The lowest BCUT2D eigenvalue weighted by Gasteiger charge is -2.31. The second kappa shape index (κ2) is 6.38. The van der Waals surface area contributed by atoms with Crippen LogP contribution in [0.3, 0.4) is 0 Å². The van der Waals surface area contributed by atoms with Crippen LogP contribution in [0.1, 0.15) is 26.2 Å². The van der Waals surface area contributed by atoms with Crippen molar-refractivity contribution in [1.82, 2.24) is 4.90 Å². The van der Waals surface area contributed by atoms with E-state index >= 15 is 0 Å². The van der Waals surface area contributed by atoms with E-state index in [1.165, 1.54) is 25.8 Å². The zero-order valence-electron chi connectivity index (χ0n) is 9.54. The van der Waals surface area contributed by atoms with E-state index in [9.17, 15) is 0 Å². The summed E-state index contributed by atoms with van der Waals surface area (Å²) in [5, 5.41) is 0. The van der Waals surface area contributed by atoms with Crippen molar-refractivity contribution in [2.45, 2.75) is 32.2 Å². The Balaban J connectivity index is 2.16. The quantitative estimate of drug-likeness (QED) is 0.722. The first kappa shape index (κ1) is 12.0. The Bertz CT molecular complexity index is 146. The molecular formula is C11H24N2O. The molecule has 3 heteroatoms. The van der Waals surface area contributed by atoms with E-state index in [1.807, 2.05) is 0 Å². The summed E-state index contributed by atoms with van der Waals surface area (Å²) >= 11 is 0. The average molecular weight is 200 g/mol. The Hall–Kier alpha value is -0.120. The Morgan fingerprint density at radius 3 is 2.64 bits per heavy atom. The molecule has 0 aliphatic carbocycles. The van der Waals surface area contributed by atoms with Crippen molar-refractivity contribution >= 4 is 0 Å². The van der Waals surface area contributed by atoms with Gasteiger partial charge in [-0.2, -0.15) is 0 Å². The molecule has 0 spiro atoms. The minimum Gasteiger partial charge on any atom is -0.381 e. The standard InChI is InChI=1S/C11H24N2O/c1-10(9-12)3-6-13(2)11-4-7-14-8-5-11/h10-11H,3-9,12H2,1-2H3. The molecule has 0 aromatic rings. The second-order valence-electron chi connectivity index (χ2n) is 4.45. The summed E-state index contributed by atoms with van der Waals surface area (Å²) in [7, 11) is 2.22. The van der Waals surface area contributed by atoms with Gasteiger partial charge in [-0.05, 0) is 45.3 Å². The number of rotatable bonds is 5. The van der Waals surface area contributed by atoms with Gasteiger partial charge in [-0.25, -0.2) is 0 Å². The molecule has 0 bridgehead atoms. The average Bonchev–Trinajstić information content (AvgIpc) is 2.26. The molecule has 2 N–H and O–H groups in total. The lowest BCUT2D eigenvalue weighted by atomic mass is 10.0. The Morgan fingerprint density at radius 1 is 1.43 bits per heavy atom. The number of nitrogens with two attached hydrogens (primary N) is 1. The zero-order valence-corrected chi connectivity index (χ0v) is 9.54. The molecule has 1 heterocycles. The first-order valence-corrected chi connectivity index (χ1v) is 5.72. The van der Waals surface area contributed by atoms with Crippen LogP contribution in [0.4, 0.5) is 0 Å². The maximum Gasteiger partial charge on any atom is 0.0480 e. The number of hydrogen-bond acceptors (Lipinski definition) is 3. The van der Waals surface area contributed by atoms with Crippen molar-refractivity contribution in [3.63, 3.8) is 0 Å². The Kier molecular flexibility index (Phi) is 5.45. The maximum atomic E-state index is 5.60. The van der Waals surface area contributed by atoms with E-state index in [2.05, 4.69) is 18.9 Å². The summed E-state index contributed by atoms with van der Waals surface area (Å²) in [5.74, 6) is 0.650. The molecule has 0 radical (unpaired) electrons. The molecule has 0 aromatic heterocycles. The fourth-order valence-electron chi connectivity index (χ4n) is 1.85. The zero-order chi connectivity index (χ0) is 10.4. The fourth-order valence-corrected chi connectivity index (χ4v) is 1.85. The van der Waals surface area contributed by atoms with E-state index in [1.54, 1.807) is 0 Å². The number of nitrogens with zero attached hydrogens (tertiary/aromatic N) is 1. The van der Waals surface area contributed by atoms with Gasteiger partial charge in [0, 0.05) is 19.3 Å². The molecule has 1 fully saturated rings. The number of hydrogen-bond donors (Lipinski definition) is 1. The van der Waals surface area contributed by atoms with E-state index in [0.717, 1.165) is 25.8 Å². The molecule has 1 unspecified atom stereocenters. The van der Waals surface area contributed by atoms with Crippen molar-refractivity contribution in [2.24, 2.45) is 11.7 Å². The first-order valence-electron chi connectivity index (χ1n) is 5.72. The van der Waals surface area contributed by atoms with Crippen LogP contribution in [-0.4, -0.2) is 44.3 Å². The molecule has 84 valence electrons. The maximum absolute atomic E-state index is 5.60. The monoisotopic (exact) mass is 200 g/mol. The smallest absolute Gasteiger partial charge is 0.0480 e. The van der Waals surface area contributed by atoms with Crippen LogP contribution < -0.4 is 5.73 Å². The fraction of sp³-hybridized carbons (Fsp3) is 1.00. The highest BCUT2D eigenvalue weighted by atomic mass is 16.5. The molecule has 14 heavy (non-hydrogen) atoms. The summed E-state index contributed by atoms with van der Waals surface area (Å²) < 4.78 is 5.35. The van der Waals surface area contributed by atoms with Gasteiger partial charge < -0.3 is 15.4 Å². The highest BCUT2D eigenvalue weighted by molar-refractivity contribution is 4.72. The minimum atomic E-state index is 0.650. The molecule has 0 aromatic carbocycles. The summed E-state index contributed by atoms with van der Waals surface area (Å²) in [4.78, 5) is 2.47. The van der Waals surface area contributed by atoms with Gasteiger partial charge in [0.05, 0.1) is 0 Å². The largest absolute Gasteiger partial charge is 0.381 e. The first-order chi connectivity index (χ1) is 6.74. The summed E-state index contributed by atoms with van der Waals surface area (Å²) in [6, 6.07) is 0.730. The van der Waals surface area contributed by atoms with Crippen LogP contribution in [0.5, 0.6) is 0 Å². The topological polar surface area (TPSA) is 38.5 Å². The third-order valence-electron chi connectivity index (χ3n) is 3.19. The van der Waals surface area contributed by atoms with Gasteiger partial charge in [0.1, 0.15) is 0 Å². The second-order valence-corrected chi connectivity index (χ2v) is 4.45. The van der Waals surface area contributed by atoms with E-state index in [-0.39, 0.29) is 0 Å². The molecule has 1 aliphatic rings. The molecule has 1 atom stereocenters. The Labute approximate surface area is 87.6 Å². The summed E-state index contributed by atoms with van der Waals surface area (Å²) in [6.07, 6.45) is 3.59. The van der Waals surface area contributed by atoms with E-state index in [0.29, 0.717) is 5.92 Å². The van der Waals surface area contributed by atoms with Crippen LogP contribution in [0.2, 0.25) is 0 Å². The Morgan fingerprint density at radius 2 is 2.07 bits per heavy atom. The van der Waals surface area contributed by atoms with Gasteiger partial charge in [-0.15, -0.1) is 0 Å². The van der Waals surface area contributed by atoms with E-state index < -0.39 is 0 Å². The molecule has 1 saturated heterocycles. The van der Waals surface area contributed by atoms with Crippen LogP contribution in [0.15, 0.2) is 0 Å². The molecular weight excluding hydrogens is 176 g/mol. The van der Waals surface area contributed by atoms with Crippen LogP contribution in [0, 0.1) is 5.92 Å². The molecule has 0 saturated carbocycles. The van der Waals surface area contributed by atoms with Gasteiger partial charge in [0.25, 0.3) is 0 Å². The van der Waals surface area contributed by atoms with Crippen LogP contribution >= 0.6 is 0 Å². The van der Waals surface area contributed by atoms with Crippen molar-refractivity contribution in [3.05, 3.63) is 0 Å². The summed E-state index contributed by atoms with van der Waals surface area (Å²) in [6.45, 7) is 6.06. The molecule has 1 aliphatic heterocycles. The van der Waals surface area contributed by atoms with Gasteiger partial charge >= 0.3 is 0 Å². The van der Waals surface area contributed by atoms with Crippen molar-refractivity contribution in [2.75, 3.05) is 33.4 Å². The van der Waals surface area contributed by atoms with Gasteiger partial charge in [0.15, 0.2) is 0 Å². The van der Waals surface area contributed by atoms with E-state index in [4.69, 9.17) is 10.5 Å². The van der Waals surface area contributed by atoms with Crippen molar-refractivity contribution in [1.29, 1.82) is 0 Å².